The van der Waals surface area contributed by atoms with Crippen LogP contribution in [0.5, 0.6) is 0 Å². The van der Waals surface area contributed by atoms with E-state index in [-0.39, 0.29) is 32.6 Å². The number of phosphoric acid groups is 1. The fourth-order valence-corrected chi connectivity index (χ4v) is 8.07. The van der Waals surface area contributed by atoms with Crippen molar-refractivity contribution >= 4 is 19.8 Å². The van der Waals surface area contributed by atoms with E-state index in [4.69, 9.17) is 24.3 Å². The van der Waals surface area contributed by atoms with Gasteiger partial charge >= 0.3 is 19.8 Å². The number of allylic oxidation sites excluding steroid dienone is 28. The molecule has 0 aliphatic heterocycles. The van der Waals surface area contributed by atoms with Crippen molar-refractivity contribution in [2.75, 3.05) is 26.4 Å². The first-order chi connectivity index (χ1) is 37.8. The minimum Gasteiger partial charge on any atom is -0.462 e. The van der Waals surface area contributed by atoms with Gasteiger partial charge in [0.15, 0.2) is 6.10 Å². The van der Waals surface area contributed by atoms with Crippen LogP contribution < -0.4 is 5.73 Å². The number of carbonyl (C=O) groups excluding carboxylic acids is 2. The summed E-state index contributed by atoms with van der Waals surface area (Å²) in [4.78, 5) is 35.1. The Morgan fingerprint density at radius 2 is 0.675 bits per heavy atom. The molecule has 432 valence electrons. The van der Waals surface area contributed by atoms with Gasteiger partial charge in [-0.3, -0.25) is 18.6 Å². The van der Waals surface area contributed by atoms with Gasteiger partial charge in [-0.15, -0.1) is 0 Å². The number of hydrogen-bond acceptors (Lipinski definition) is 8. The summed E-state index contributed by atoms with van der Waals surface area (Å²) in [6, 6.07) is 0. The maximum atomic E-state index is 12.7. The average Bonchev–Trinajstić information content (AvgIpc) is 3.42. The van der Waals surface area contributed by atoms with Crippen LogP contribution in [0.2, 0.25) is 0 Å². The van der Waals surface area contributed by atoms with Crippen LogP contribution in [0.4, 0.5) is 0 Å². The van der Waals surface area contributed by atoms with E-state index in [1.54, 1.807) is 0 Å². The topological polar surface area (TPSA) is 134 Å². The Morgan fingerprint density at radius 1 is 0.390 bits per heavy atom. The second kappa shape index (κ2) is 60.6. The Labute approximate surface area is 470 Å². The van der Waals surface area contributed by atoms with Crippen molar-refractivity contribution in [1.29, 1.82) is 0 Å². The van der Waals surface area contributed by atoms with Gasteiger partial charge in [0.2, 0.25) is 0 Å². The summed E-state index contributed by atoms with van der Waals surface area (Å²) in [6.45, 7) is 3.45. The first-order valence-corrected chi connectivity index (χ1v) is 31.1. The molecule has 0 saturated carbocycles. The molecule has 0 aromatic carbocycles. The number of carbonyl (C=O) groups is 2. The van der Waals surface area contributed by atoms with E-state index in [0.29, 0.717) is 12.8 Å². The van der Waals surface area contributed by atoms with Crippen LogP contribution in [0.15, 0.2) is 170 Å². The van der Waals surface area contributed by atoms with Crippen molar-refractivity contribution in [2.45, 2.75) is 213 Å². The third-order valence-electron chi connectivity index (χ3n) is 11.6. The van der Waals surface area contributed by atoms with Crippen molar-refractivity contribution in [3.8, 4) is 0 Å². The first kappa shape index (κ1) is 72.4. The van der Waals surface area contributed by atoms with E-state index in [1.807, 2.05) is 0 Å². The van der Waals surface area contributed by atoms with E-state index in [9.17, 15) is 19.0 Å². The van der Waals surface area contributed by atoms with Gasteiger partial charge in [0, 0.05) is 19.4 Å². The van der Waals surface area contributed by atoms with Crippen LogP contribution in [-0.4, -0.2) is 49.3 Å². The largest absolute Gasteiger partial charge is 0.472 e. The average molecular weight is 1080 g/mol. The minimum atomic E-state index is -4.41. The minimum absolute atomic E-state index is 0.0391. The summed E-state index contributed by atoms with van der Waals surface area (Å²) in [5.74, 6) is -0.879. The zero-order valence-corrected chi connectivity index (χ0v) is 49.0. The highest BCUT2D eigenvalue weighted by molar-refractivity contribution is 7.47. The number of esters is 2. The van der Waals surface area contributed by atoms with E-state index in [1.165, 1.54) is 25.7 Å². The standard InChI is InChI=1S/C67H106NO8P/c1-3-5-7-9-11-13-15-17-19-21-22-23-24-25-26-27-28-29-30-31-32-33-34-35-36-37-38-39-40-41-42-44-46-48-50-52-54-56-58-60-67(70)76-65(64-75-77(71,72)74-62-61-68)63-73-66(69)59-57-55-53-51-49-47-45-43-20-18-16-14-12-10-8-6-4-2/h5-8,11-14,17-20,22-23,25-26,28-29,31-32,34-35,37-38,40-41,45,47,65H,3-4,9-10,15-16,21,24,27,30,33,36,39,42-44,46,48-64,68H2,1-2H3,(H,71,72)/b7-5-,8-6-,13-11-,14-12-,19-17-,20-18-,23-22-,26-25-,29-28-,32-31-,35-34-,38-37-,41-40-,47-45-. The van der Waals surface area contributed by atoms with Crippen molar-refractivity contribution < 1.29 is 37.6 Å². The zero-order chi connectivity index (χ0) is 55.9. The molecule has 2 atom stereocenters. The third kappa shape index (κ3) is 60.5. The normalized spacial score (nSPS) is 14.3. The van der Waals surface area contributed by atoms with E-state index in [0.717, 1.165) is 141 Å². The molecule has 0 fully saturated rings. The number of nitrogens with two attached hydrogens (primary N) is 1. The van der Waals surface area contributed by atoms with E-state index < -0.39 is 32.5 Å². The molecule has 9 nitrogen and oxygen atoms in total. The van der Waals surface area contributed by atoms with E-state index >= 15 is 0 Å². The van der Waals surface area contributed by atoms with Crippen LogP contribution in [0.25, 0.3) is 0 Å². The Morgan fingerprint density at radius 3 is 1.00 bits per heavy atom. The number of hydrogen-bond donors (Lipinski definition) is 2. The number of phosphoric ester groups is 1. The molecular weight excluding hydrogens is 978 g/mol. The lowest BCUT2D eigenvalue weighted by molar-refractivity contribution is -0.161. The molecule has 3 N–H and O–H groups in total. The van der Waals surface area contributed by atoms with Gasteiger partial charge in [0.05, 0.1) is 13.2 Å². The van der Waals surface area contributed by atoms with E-state index in [2.05, 4.69) is 184 Å². The Balaban J connectivity index is 4.04. The number of rotatable bonds is 53. The Bertz CT molecular complexity index is 1860. The smallest absolute Gasteiger partial charge is 0.462 e. The maximum Gasteiger partial charge on any atom is 0.472 e. The second-order valence-electron chi connectivity index (χ2n) is 18.7. The predicted molar refractivity (Wildman–Crippen MR) is 329 cm³/mol. The quantitative estimate of drug-likeness (QED) is 0.0264. The second-order valence-corrected chi connectivity index (χ2v) is 20.2. The zero-order valence-electron chi connectivity index (χ0n) is 48.1. The van der Waals surface area contributed by atoms with Gasteiger partial charge < -0.3 is 20.1 Å². The van der Waals surface area contributed by atoms with Crippen LogP contribution in [-0.2, 0) is 32.7 Å². The van der Waals surface area contributed by atoms with Gasteiger partial charge in [-0.05, 0) is 128 Å². The van der Waals surface area contributed by atoms with Crippen molar-refractivity contribution in [3.63, 3.8) is 0 Å². The molecule has 0 aliphatic carbocycles. The summed E-state index contributed by atoms with van der Waals surface area (Å²) >= 11 is 0. The van der Waals surface area contributed by atoms with Crippen LogP contribution >= 0.6 is 7.82 Å². The summed E-state index contributed by atoms with van der Waals surface area (Å²) in [5, 5.41) is 0. The molecule has 0 radical (unpaired) electrons. The van der Waals surface area contributed by atoms with Gasteiger partial charge in [-0.1, -0.05) is 235 Å². The number of ether oxygens (including phenoxy) is 2. The summed E-state index contributed by atoms with van der Waals surface area (Å²) in [7, 11) is -4.41. The monoisotopic (exact) mass is 1080 g/mol. The van der Waals surface area contributed by atoms with Gasteiger partial charge in [-0.25, -0.2) is 4.57 Å². The molecule has 0 rings (SSSR count). The maximum absolute atomic E-state index is 12.7. The molecule has 0 aromatic rings. The summed E-state index contributed by atoms with van der Waals surface area (Å²) in [5.41, 5.74) is 5.37. The third-order valence-corrected chi connectivity index (χ3v) is 12.6. The summed E-state index contributed by atoms with van der Waals surface area (Å²) < 4.78 is 33.0. The Hall–Kier alpha value is -4.63. The lowest BCUT2D eigenvalue weighted by Gasteiger charge is -2.19. The van der Waals surface area contributed by atoms with Crippen LogP contribution in [0, 0.1) is 0 Å². The van der Waals surface area contributed by atoms with Crippen molar-refractivity contribution in [2.24, 2.45) is 5.73 Å². The lowest BCUT2D eigenvalue weighted by Crippen LogP contribution is -2.29. The summed E-state index contributed by atoms with van der Waals surface area (Å²) in [6.07, 6.45) is 89.8. The highest BCUT2D eigenvalue weighted by Crippen LogP contribution is 2.43. The van der Waals surface area contributed by atoms with Gasteiger partial charge in [-0.2, -0.15) is 0 Å². The molecule has 0 spiro atoms. The predicted octanol–water partition coefficient (Wildman–Crippen LogP) is 19.1. The van der Waals surface area contributed by atoms with Crippen LogP contribution in [0.1, 0.15) is 206 Å². The molecule has 2 unspecified atom stereocenters. The Kier molecular flexibility index (Phi) is 57.0. The highest BCUT2D eigenvalue weighted by atomic mass is 31.2. The molecule has 0 amide bonds. The lowest BCUT2D eigenvalue weighted by atomic mass is 10.1. The van der Waals surface area contributed by atoms with Gasteiger partial charge in [0.25, 0.3) is 0 Å². The van der Waals surface area contributed by atoms with Crippen molar-refractivity contribution in [1.82, 2.24) is 0 Å². The fraction of sp³-hybridized carbons (Fsp3) is 0.552. The molecule has 0 heterocycles. The highest BCUT2D eigenvalue weighted by Gasteiger charge is 2.26. The molecule has 0 aromatic heterocycles. The fourth-order valence-electron chi connectivity index (χ4n) is 7.30. The molecule has 77 heavy (non-hydrogen) atoms. The molecule has 0 aliphatic rings. The molecule has 0 bridgehead atoms. The SMILES string of the molecule is CC/C=C\C/C=C\C/C=C\C/C=C\C/C=C\C/C=C\C/C=C\C/C=C\C/C=C\C/C=C\CCCCCCCCCCC(=O)OC(COC(=O)CCCCCC/C=C\C/C=C\C/C=C\C/C=C\CC)COP(=O)(O)OCCN. The first-order valence-electron chi connectivity index (χ1n) is 29.6. The molecule has 10 heteroatoms. The van der Waals surface area contributed by atoms with Crippen molar-refractivity contribution in [3.05, 3.63) is 170 Å². The van der Waals surface area contributed by atoms with Crippen LogP contribution in [0.3, 0.4) is 0 Å². The van der Waals surface area contributed by atoms with Gasteiger partial charge in [0.1, 0.15) is 6.61 Å². The molecular formula is C67H106NO8P. The molecule has 0 saturated heterocycles. The number of unbranched alkanes of at least 4 members (excludes halogenated alkanes) is 12.